The SMILES string of the molecule is CC1(COc2ccnc3c2c(-c2ccc(CNS(C)(=O)=O)c(F)c2)cn3COCC[Si](C)(C)C)CCN(C(=O)O)CC1. The number of nitrogens with one attached hydrogen (secondary N) is 1. The normalized spacial score (nSPS) is 15.7. The zero-order chi connectivity index (χ0) is 30.7. The van der Waals surface area contributed by atoms with Crippen LogP contribution in [-0.4, -0.2) is 74.7 Å². The maximum atomic E-state index is 15.2. The highest BCUT2D eigenvalue weighted by Crippen LogP contribution is 2.39. The summed E-state index contributed by atoms with van der Waals surface area (Å²) < 4.78 is 54.8. The zero-order valence-corrected chi connectivity index (χ0v) is 26.8. The molecule has 0 atom stereocenters. The molecule has 0 spiro atoms. The first kappa shape index (κ1) is 31.9. The van der Waals surface area contributed by atoms with Gasteiger partial charge in [0, 0.05) is 63.3 Å². The second-order valence-electron chi connectivity index (χ2n) is 12.6. The van der Waals surface area contributed by atoms with Crippen molar-refractivity contribution in [1.82, 2.24) is 19.2 Å². The van der Waals surface area contributed by atoms with Crippen LogP contribution in [0.1, 0.15) is 25.3 Å². The first-order chi connectivity index (χ1) is 19.6. The van der Waals surface area contributed by atoms with Crippen molar-refractivity contribution < 1.29 is 32.2 Å². The van der Waals surface area contributed by atoms with Crippen LogP contribution >= 0.6 is 0 Å². The van der Waals surface area contributed by atoms with Gasteiger partial charge in [-0.3, -0.25) is 0 Å². The predicted molar refractivity (Wildman–Crippen MR) is 163 cm³/mol. The Hall–Kier alpha value is -3.00. The molecule has 0 radical (unpaired) electrons. The molecule has 0 unspecified atom stereocenters. The Balaban J connectivity index is 1.65. The van der Waals surface area contributed by atoms with Crippen LogP contribution < -0.4 is 9.46 Å². The molecule has 1 amide bonds. The molecule has 2 aromatic heterocycles. The highest BCUT2D eigenvalue weighted by atomic mass is 32.2. The predicted octanol–water partition coefficient (Wildman–Crippen LogP) is 5.36. The number of piperidine rings is 1. The lowest BCUT2D eigenvalue weighted by atomic mass is 9.81. The van der Waals surface area contributed by atoms with Crippen molar-refractivity contribution >= 4 is 35.2 Å². The van der Waals surface area contributed by atoms with Crippen molar-refractivity contribution in [1.29, 1.82) is 0 Å². The fraction of sp³-hybridized carbons (Fsp3) is 0.517. The van der Waals surface area contributed by atoms with E-state index in [-0.39, 0.29) is 24.3 Å². The Labute approximate surface area is 247 Å². The lowest BCUT2D eigenvalue weighted by Gasteiger charge is -2.37. The molecule has 1 fully saturated rings. The van der Waals surface area contributed by atoms with Crippen molar-refractivity contribution in [2.75, 3.05) is 32.6 Å². The van der Waals surface area contributed by atoms with Crippen LogP contribution in [0.3, 0.4) is 0 Å². The Morgan fingerprint density at radius 1 is 1.21 bits per heavy atom. The highest BCUT2D eigenvalue weighted by molar-refractivity contribution is 7.88. The van der Waals surface area contributed by atoms with Crippen molar-refractivity contribution in [3.05, 3.63) is 48.0 Å². The van der Waals surface area contributed by atoms with Crippen LogP contribution in [0.15, 0.2) is 36.7 Å². The van der Waals surface area contributed by atoms with E-state index in [2.05, 4.69) is 36.3 Å². The number of rotatable bonds is 12. The molecular formula is C29H41FN4O6SSi. The Kier molecular flexibility index (Phi) is 9.65. The summed E-state index contributed by atoms with van der Waals surface area (Å²) in [6, 6.07) is 7.54. The number of hydrogen-bond donors (Lipinski definition) is 2. The molecule has 0 aliphatic carbocycles. The summed E-state index contributed by atoms with van der Waals surface area (Å²) in [6.07, 6.45) is 5.05. The molecule has 1 aliphatic rings. The van der Waals surface area contributed by atoms with E-state index in [4.69, 9.17) is 9.47 Å². The van der Waals surface area contributed by atoms with Gasteiger partial charge in [-0.15, -0.1) is 0 Å². The number of aromatic nitrogens is 2. The van der Waals surface area contributed by atoms with Gasteiger partial charge < -0.3 is 24.0 Å². The van der Waals surface area contributed by atoms with E-state index in [0.717, 1.165) is 17.7 Å². The number of likely N-dealkylation sites (tertiary alicyclic amines) is 1. The molecule has 1 aromatic carbocycles. The number of amides is 1. The van der Waals surface area contributed by atoms with Gasteiger partial charge in [-0.1, -0.05) is 38.7 Å². The summed E-state index contributed by atoms with van der Waals surface area (Å²) in [4.78, 5) is 17.4. The van der Waals surface area contributed by atoms with Crippen molar-refractivity contribution in [2.45, 2.75) is 58.7 Å². The lowest BCUT2D eigenvalue weighted by Crippen LogP contribution is -2.43. The number of halogens is 1. The molecule has 4 rings (SSSR count). The molecule has 0 bridgehead atoms. The van der Waals surface area contributed by atoms with E-state index < -0.39 is 30.0 Å². The van der Waals surface area contributed by atoms with E-state index in [1.54, 1.807) is 24.4 Å². The Morgan fingerprint density at radius 2 is 1.93 bits per heavy atom. The number of benzene rings is 1. The van der Waals surface area contributed by atoms with Crippen molar-refractivity contribution in [3.63, 3.8) is 0 Å². The van der Waals surface area contributed by atoms with Gasteiger partial charge in [-0.05, 0) is 36.6 Å². The molecule has 3 heterocycles. The zero-order valence-electron chi connectivity index (χ0n) is 24.9. The molecule has 1 aliphatic heterocycles. The average molecular weight is 621 g/mol. The van der Waals surface area contributed by atoms with Crippen LogP contribution in [0.4, 0.5) is 9.18 Å². The number of nitrogens with zero attached hydrogens (tertiary/aromatic N) is 3. The van der Waals surface area contributed by atoms with Gasteiger partial charge in [-0.2, -0.15) is 0 Å². The van der Waals surface area contributed by atoms with Crippen LogP contribution in [0.2, 0.25) is 25.7 Å². The van der Waals surface area contributed by atoms with Gasteiger partial charge in [0.1, 0.15) is 23.9 Å². The monoisotopic (exact) mass is 620 g/mol. The van der Waals surface area contributed by atoms with Gasteiger partial charge in [0.2, 0.25) is 10.0 Å². The van der Waals surface area contributed by atoms with E-state index >= 15 is 4.39 Å². The number of carbonyl (C=O) groups is 1. The van der Waals surface area contributed by atoms with Gasteiger partial charge in [-0.25, -0.2) is 27.3 Å². The number of sulfonamides is 1. The average Bonchev–Trinajstić information content (AvgIpc) is 3.28. The van der Waals surface area contributed by atoms with Gasteiger partial charge >= 0.3 is 6.09 Å². The highest BCUT2D eigenvalue weighted by Gasteiger charge is 2.33. The summed E-state index contributed by atoms with van der Waals surface area (Å²) >= 11 is 0. The van der Waals surface area contributed by atoms with Crippen LogP contribution in [0.5, 0.6) is 5.75 Å². The van der Waals surface area contributed by atoms with Crippen molar-refractivity contribution in [3.8, 4) is 16.9 Å². The summed E-state index contributed by atoms with van der Waals surface area (Å²) in [6.45, 7) is 11.0. The van der Waals surface area contributed by atoms with Gasteiger partial charge in [0.05, 0.1) is 18.2 Å². The third-order valence-electron chi connectivity index (χ3n) is 7.65. The summed E-state index contributed by atoms with van der Waals surface area (Å²) in [5.74, 6) is 0.0703. The van der Waals surface area contributed by atoms with Crippen LogP contribution in [0, 0.1) is 11.2 Å². The molecule has 0 saturated carbocycles. The Morgan fingerprint density at radius 3 is 2.55 bits per heavy atom. The maximum absolute atomic E-state index is 15.2. The minimum atomic E-state index is -3.47. The molecule has 2 N–H and O–H groups in total. The van der Waals surface area contributed by atoms with Gasteiger partial charge in [0.25, 0.3) is 0 Å². The fourth-order valence-electron chi connectivity index (χ4n) is 4.87. The van der Waals surface area contributed by atoms with Crippen LogP contribution in [0.25, 0.3) is 22.2 Å². The molecule has 230 valence electrons. The standard InChI is InChI=1S/C29H41FN4O6SSi/c1-29(9-12-33(13-10-29)28(35)36)19-40-25-8-11-31-27-26(25)23(18-34(27)20-39-14-15-42(3,4)5)21-6-7-22(24(30)16-21)17-32-41(2,37)38/h6-8,11,16,18,32H,9-10,12-15,17,19-20H2,1-5H3,(H,35,36). The number of pyridine rings is 1. The van der Waals surface area contributed by atoms with E-state index in [1.165, 1.54) is 11.0 Å². The van der Waals surface area contributed by atoms with E-state index in [1.807, 2.05) is 10.8 Å². The minimum absolute atomic E-state index is 0.147. The third-order valence-corrected chi connectivity index (χ3v) is 10.0. The lowest BCUT2D eigenvalue weighted by molar-refractivity contribution is 0.0660. The summed E-state index contributed by atoms with van der Waals surface area (Å²) in [5, 5.41) is 10.0. The summed E-state index contributed by atoms with van der Waals surface area (Å²) in [7, 11) is -4.74. The molecule has 10 nitrogen and oxygen atoms in total. The number of fused-ring (bicyclic) bond motifs is 1. The molecular weight excluding hydrogens is 579 g/mol. The first-order valence-corrected chi connectivity index (χ1v) is 19.6. The second-order valence-corrected chi connectivity index (χ2v) is 20.1. The minimum Gasteiger partial charge on any atom is -0.492 e. The maximum Gasteiger partial charge on any atom is 0.407 e. The topological polar surface area (TPSA) is 123 Å². The number of carboxylic acid groups (broad SMARTS) is 1. The molecule has 1 saturated heterocycles. The third kappa shape index (κ3) is 8.30. The van der Waals surface area contributed by atoms with E-state index in [0.29, 0.717) is 61.7 Å². The quantitative estimate of drug-likeness (QED) is 0.206. The summed E-state index contributed by atoms with van der Waals surface area (Å²) in [5.41, 5.74) is 1.99. The number of ether oxygens (including phenoxy) is 2. The van der Waals surface area contributed by atoms with Gasteiger partial charge in [0.15, 0.2) is 0 Å². The van der Waals surface area contributed by atoms with Crippen LogP contribution in [-0.2, 0) is 28.0 Å². The largest absolute Gasteiger partial charge is 0.492 e. The second kappa shape index (κ2) is 12.7. The number of hydrogen-bond acceptors (Lipinski definition) is 6. The van der Waals surface area contributed by atoms with Crippen molar-refractivity contribution in [2.24, 2.45) is 5.41 Å². The molecule has 42 heavy (non-hydrogen) atoms. The Bertz CT molecular complexity index is 1530. The fourth-order valence-corrected chi connectivity index (χ4v) is 6.04. The molecule has 13 heteroatoms. The van der Waals surface area contributed by atoms with E-state index in [9.17, 15) is 18.3 Å². The first-order valence-electron chi connectivity index (χ1n) is 14.0. The smallest absolute Gasteiger partial charge is 0.407 e. The molecule has 3 aromatic rings.